The number of aromatic nitrogens is 2. The lowest BCUT2D eigenvalue weighted by Gasteiger charge is -2.29. The first-order valence-electron chi connectivity index (χ1n) is 8.69. The number of fused-ring (bicyclic) bond motifs is 1. The summed E-state index contributed by atoms with van der Waals surface area (Å²) < 4.78 is 42.3. The van der Waals surface area contributed by atoms with E-state index in [1.807, 2.05) is 37.3 Å². The fourth-order valence-corrected chi connectivity index (χ4v) is 4.32. The van der Waals surface area contributed by atoms with Crippen LogP contribution in [0.3, 0.4) is 0 Å². The highest BCUT2D eigenvalue weighted by molar-refractivity contribution is 7.15. The van der Waals surface area contributed by atoms with Gasteiger partial charge in [-0.05, 0) is 30.5 Å². The summed E-state index contributed by atoms with van der Waals surface area (Å²) in [6.45, 7) is 2.87. The number of amides is 1. The standard InChI is InChI=1S/C19H16F3N3O2S/c1-11(12-5-3-2-4-6-12)17(26)25-8-7-14-13(10-25)9-15(28-14)16-23-18(27-24-16)19(20,21)22/h2-6,9,11H,7-8,10H2,1H3. The highest BCUT2D eigenvalue weighted by Crippen LogP contribution is 2.36. The van der Waals surface area contributed by atoms with E-state index in [9.17, 15) is 18.0 Å². The minimum Gasteiger partial charge on any atom is -0.337 e. The predicted octanol–water partition coefficient (Wildman–Crippen LogP) is 4.51. The van der Waals surface area contributed by atoms with Gasteiger partial charge in [-0.1, -0.05) is 35.5 Å². The monoisotopic (exact) mass is 407 g/mol. The molecule has 146 valence electrons. The summed E-state index contributed by atoms with van der Waals surface area (Å²) in [6, 6.07) is 11.3. The van der Waals surface area contributed by atoms with Gasteiger partial charge in [0.1, 0.15) is 0 Å². The summed E-state index contributed by atoms with van der Waals surface area (Å²) in [6.07, 6.45) is -4.02. The molecule has 0 N–H and O–H groups in total. The van der Waals surface area contributed by atoms with Gasteiger partial charge in [-0.25, -0.2) is 0 Å². The van der Waals surface area contributed by atoms with Gasteiger partial charge in [0.15, 0.2) is 0 Å². The zero-order valence-electron chi connectivity index (χ0n) is 14.9. The van der Waals surface area contributed by atoms with Crippen LogP contribution in [-0.4, -0.2) is 27.5 Å². The summed E-state index contributed by atoms with van der Waals surface area (Å²) in [7, 11) is 0. The van der Waals surface area contributed by atoms with Crippen LogP contribution < -0.4 is 0 Å². The zero-order valence-corrected chi connectivity index (χ0v) is 15.7. The first kappa shape index (κ1) is 18.7. The number of hydrogen-bond acceptors (Lipinski definition) is 5. The van der Waals surface area contributed by atoms with Crippen molar-refractivity contribution < 1.29 is 22.5 Å². The summed E-state index contributed by atoms with van der Waals surface area (Å²) >= 11 is 1.34. The molecule has 1 unspecified atom stereocenters. The molecule has 4 rings (SSSR count). The molecule has 1 aliphatic rings. The third kappa shape index (κ3) is 3.54. The van der Waals surface area contributed by atoms with Gasteiger partial charge < -0.3 is 9.42 Å². The Morgan fingerprint density at radius 3 is 2.71 bits per heavy atom. The van der Waals surface area contributed by atoms with Crippen LogP contribution in [0.25, 0.3) is 10.7 Å². The van der Waals surface area contributed by atoms with E-state index in [0.29, 0.717) is 24.4 Å². The van der Waals surface area contributed by atoms with Crippen LogP contribution in [0, 0.1) is 0 Å². The predicted molar refractivity (Wildman–Crippen MR) is 96.6 cm³/mol. The molecule has 2 aromatic heterocycles. The summed E-state index contributed by atoms with van der Waals surface area (Å²) in [5.41, 5.74) is 1.87. The fraction of sp³-hybridized carbons (Fsp3) is 0.316. The number of nitrogens with zero attached hydrogens (tertiary/aromatic N) is 3. The molecule has 1 aliphatic heterocycles. The van der Waals surface area contributed by atoms with Gasteiger partial charge in [0.05, 0.1) is 10.8 Å². The molecule has 5 nitrogen and oxygen atoms in total. The Kier molecular flexibility index (Phi) is 4.70. The maximum Gasteiger partial charge on any atom is 0.471 e. The van der Waals surface area contributed by atoms with Crippen molar-refractivity contribution in [3.05, 3.63) is 58.3 Å². The molecule has 28 heavy (non-hydrogen) atoms. The van der Waals surface area contributed by atoms with Crippen LogP contribution in [0.4, 0.5) is 13.2 Å². The van der Waals surface area contributed by atoms with Crippen LogP contribution in [-0.2, 0) is 23.9 Å². The summed E-state index contributed by atoms with van der Waals surface area (Å²) in [5.74, 6) is -1.67. The van der Waals surface area contributed by atoms with Gasteiger partial charge in [0.25, 0.3) is 0 Å². The van der Waals surface area contributed by atoms with Crippen molar-refractivity contribution in [3.8, 4) is 10.7 Å². The lowest BCUT2D eigenvalue weighted by atomic mass is 9.98. The molecule has 3 aromatic rings. The van der Waals surface area contributed by atoms with Crippen molar-refractivity contribution in [2.75, 3.05) is 6.54 Å². The number of carbonyl (C=O) groups excluding carboxylic acids is 1. The second-order valence-corrected chi connectivity index (χ2v) is 7.76. The van der Waals surface area contributed by atoms with Crippen LogP contribution in [0.5, 0.6) is 0 Å². The topological polar surface area (TPSA) is 59.2 Å². The molecule has 9 heteroatoms. The second kappa shape index (κ2) is 7.05. The number of hydrogen-bond donors (Lipinski definition) is 0. The summed E-state index contributed by atoms with van der Waals surface area (Å²) in [5, 5.41) is 3.44. The van der Waals surface area contributed by atoms with Crippen molar-refractivity contribution in [2.45, 2.75) is 32.0 Å². The third-order valence-electron chi connectivity index (χ3n) is 4.74. The van der Waals surface area contributed by atoms with Gasteiger partial charge in [0.2, 0.25) is 11.7 Å². The number of thiophene rings is 1. The lowest BCUT2D eigenvalue weighted by molar-refractivity contribution is -0.159. The Labute approximate surface area is 162 Å². The third-order valence-corrected chi connectivity index (χ3v) is 5.97. The van der Waals surface area contributed by atoms with Crippen LogP contribution >= 0.6 is 11.3 Å². The Morgan fingerprint density at radius 1 is 1.29 bits per heavy atom. The Hall–Kier alpha value is -2.68. The number of alkyl halides is 3. The molecule has 0 spiro atoms. The number of halogens is 3. The van der Waals surface area contributed by atoms with E-state index in [1.165, 1.54) is 11.3 Å². The quantitative estimate of drug-likeness (QED) is 0.641. The van der Waals surface area contributed by atoms with Crippen molar-refractivity contribution in [1.29, 1.82) is 0 Å². The molecule has 0 saturated carbocycles. The minimum absolute atomic E-state index is 0.0310. The molecule has 1 amide bonds. The zero-order chi connectivity index (χ0) is 19.9. The molecule has 1 aromatic carbocycles. The molecular formula is C19H16F3N3O2S. The highest BCUT2D eigenvalue weighted by Gasteiger charge is 2.39. The first-order valence-corrected chi connectivity index (χ1v) is 9.51. The lowest BCUT2D eigenvalue weighted by Crippen LogP contribution is -2.37. The van der Waals surface area contributed by atoms with Gasteiger partial charge in [-0.3, -0.25) is 4.79 Å². The van der Waals surface area contributed by atoms with Gasteiger partial charge >= 0.3 is 12.1 Å². The van der Waals surface area contributed by atoms with E-state index >= 15 is 0 Å². The SMILES string of the molecule is CC(C(=O)N1CCc2sc(-c3noc(C(F)(F)F)n3)cc2C1)c1ccccc1. The smallest absolute Gasteiger partial charge is 0.337 e. The fourth-order valence-electron chi connectivity index (χ4n) is 3.23. The normalized spacial score (nSPS) is 15.4. The minimum atomic E-state index is -4.67. The van der Waals surface area contributed by atoms with E-state index in [-0.39, 0.29) is 17.6 Å². The molecule has 3 heterocycles. The van der Waals surface area contributed by atoms with E-state index in [1.54, 1.807) is 11.0 Å². The highest BCUT2D eigenvalue weighted by atomic mass is 32.1. The van der Waals surface area contributed by atoms with Crippen LogP contribution in [0.15, 0.2) is 40.9 Å². The average molecular weight is 407 g/mol. The van der Waals surface area contributed by atoms with E-state index in [2.05, 4.69) is 14.7 Å². The molecule has 0 bridgehead atoms. The molecule has 0 saturated heterocycles. The number of carbonyl (C=O) groups is 1. The molecule has 0 fully saturated rings. The molecule has 1 atom stereocenters. The van der Waals surface area contributed by atoms with Crippen molar-refractivity contribution in [2.24, 2.45) is 0 Å². The van der Waals surface area contributed by atoms with Crippen molar-refractivity contribution in [3.63, 3.8) is 0 Å². The van der Waals surface area contributed by atoms with E-state index in [4.69, 9.17) is 0 Å². The Morgan fingerprint density at radius 2 is 2.04 bits per heavy atom. The van der Waals surface area contributed by atoms with Gasteiger partial charge in [-0.2, -0.15) is 18.2 Å². The van der Waals surface area contributed by atoms with Gasteiger partial charge in [0, 0.05) is 18.0 Å². The average Bonchev–Trinajstić information content (AvgIpc) is 3.33. The van der Waals surface area contributed by atoms with E-state index < -0.39 is 12.1 Å². The van der Waals surface area contributed by atoms with Crippen LogP contribution in [0.2, 0.25) is 0 Å². The summed E-state index contributed by atoms with van der Waals surface area (Å²) in [4.78, 5) is 19.6. The largest absolute Gasteiger partial charge is 0.471 e. The molecule has 0 aliphatic carbocycles. The van der Waals surface area contributed by atoms with Gasteiger partial charge in [-0.15, -0.1) is 11.3 Å². The Bertz CT molecular complexity index is 998. The van der Waals surface area contributed by atoms with Crippen LogP contribution in [0.1, 0.15) is 34.7 Å². The maximum absolute atomic E-state index is 12.9. The second-order valence-electron chi connectivity index (χ2n) is 6.62. The number of rotatable bonds is 3. The van der Waals surface area contributed by atoms with Crippen molar-refractivity contribution >= 4 is 17.2 Å². The van der Waals surface area contributed by atoms with Crippen molar-refractivity contribution in [1.82, 2.24) is 15.0 Å². The Balaban J connectivity index is 1.52. The maximum atomic E-state index is 12.9. The first-order chi connectivity index (χ1) is 13.3. The van der Waals surface area contributed by atoms with E-state index in [0.717, 1.165) is 16.0 Å². The molecule has 0 radical (unpaired) electrons. The number of benzene rings is 1. The molecular weight excluding hydrogens is 391 g/mol.